The lowest BCUT2D eigenvalue weighted by molar-refractivity contribution is -0.137. The number of nitrogens with one attached hydrogen (secondary N) is 1. The van der Waals surface area contributed by atoms with Gasteiger partial charge in [0, 0.05) is 11.9 Å². The van der Waals surface area contributed by atoms with Crippen molar-refractivity contribution in [2.45, 2.75) is 6.54 Å². The Labute approximate surface area is 112 Å². The molecule has 1 amide bonds. The SMILES string of the molecule is Nc1ccc(C(=O)Nc2cnn(CC(=O)O)c2)c(F)c1. The summed E-state index contributed by atoms with van der Waals surface area (Å²) in [6.45, 7) is -0.327. The molecule has 2 rings (SSSR count). The van der Waals surface area contributed by atoms with Gasteiger partial charge in [-0.1, -0.05) is 0 Å². The molecule has 1 aromatic heterocycles. The predicted octanol–water partition coefficient (Wildman–Crippen LogP) is 0.941. The highest BCUT2D eigenvalue weighted by molar-refractivity contribution is 6.04. The zero-order valence-corrected chi connectivity index (χ0v) is 10.2. The number of halogens is 1. The van der Waals surface area contributed by atoms with Gasteiger partial charge in [-0.3, -0.25) is 14.3 Å². The van der Waals surface area contributed by atoms with Crippen molar-refractivity contribution in [3.63, 3.8) is 0 Å². The molecule has 20 heavy (non-hydrogen) atoms. The average Bonchev–Trinajstić information content (AvgIpc) is 2.75. The summed E-state index contributed by atoms with van der Waals surface area (Å²) < 4.78 is 14.7. The lowest BCUT2D eigenvalue weighted by Gasteiger charge is -2.04. The van der Waals surface area contributed by atoms with E-state index >= 15 is 0 Å². The molecule has 0 bridgehead atoms. The lowest BCUT2D eigenvalue weighted by Crippen LogP contribution is -2.13. The Morgan fingerprint density at radius 2 is 2.20 bits per heavy atom. The van der Waals surface area contributed by atoms with Crippen molar-refractivity contribution >= 4 is 23.3 Å². The smallest absolute Gasteiger partial charge is 0.325 e. The Kier molecular flexibility index (Phi) is 3.65. The van der Waals surface area contributed by atoms with E-state index in [0.29, 0.717) is 0 Å². The van der Waals surface area contributed by atoms with Gasteiger partial charge in [0.15, 0.2) is 0 Å². The molecule has 0 fully saturated rings. The molecule has 104 valence electrons. The highest BCUT2D eigenvalue weighted by Gasteiger charge is 2.13. The zero-order chi connectivity index (χ0) is 14.7. The van der Waals surface area contributed by atoms with E-state index < -0.39 is 17.7 Å². The second-order valence-electron chi connectivity index (χ2n) is 4.01. The van der Waals surface area contributed by atoms with Crippen molar-refractivity contribution in [2.75, 3.05) is 11.1 Å². The van der Waals surface area contributed by atoms with Crippen LogP contribution in [-0.4, -0.2) is 26.8 Å². The maximum Gasteiger partial charge on any atom is 0.325 e. The van der Waals surface area contributed by atoms with Crippen LogP contribution in [0.3, 0.4) is 0 Å². The first kappa shape index (κ1) is 13.5. The number of nitrogen functional groups attached to an aromatic ring is 1. The number of carbonyl (C=O) groups excluding carboxylic acids is 1. The molecule has 0 aliphatic heterocycles. The van der Waals surface area contributed by atoms with E-state index in [2.05, 4.69) is 10.4 Å². The van der Waals surface area contributed by atoms with Crippen LogP contribution in [0.1, 0.15) is 10.4 Å². The van der Waals surface area contributed by atoms with Crippen LogP contribution in [0.4, 0.5) is 15.8 Å². The number of benzene rings is 1. The van der Waals surface area contributed by atoms with Crippen molar-refractivity contribution in [1.29, 1.82) is 0 Å². The molecule has 7 nitrogen and oxygen atoms in total. The molecule has 1 aromatic carbocycles. The van der Waals surface area contributed by atoms with Crippen LogP contribution in [0, 0.1) is 5.82 Å². The third-order valence-corrected chi connectivity index (χ3v) is 2.43. The van der Waals surface area contributed by atoms with Crippen LogP contribution in [0.2, 0.25) is 0 Å². The molecule has 0 aliphatic rings. The van der Waals surface area contributed by atoms with Crippen LogP contribution >= 0.6 is 0 Å². The second-order valence-corrected chi connectivity index (χ2v) is 4.01. The first-order valence-corrected chi connectivity index (χ1v) is 5.56. The Bertz CT molecular complexity index is 668. The zero-order valence-electron chi connectivity index (χ0n) is 10.2. The molecular weight excluding hydrogens is 267 g/mol. The number of nitrogens with two attached hydrogens (primary N) is 1. The maximum atomic E-state index is 13.5. The minimum Gasteiger partial charge on any atom is -0.480 e. The van der Waals surface area contributed by atoms with Crippen LogP contribution < -0.4 is 11.1 Å². The summed E-state index contributed by atoms with van der Waals surface area (Å²) in [6, 6.07) is 3.72. The first-order valence-electron chi connectivity index (χ1n) is 5.56. The van der Waals surface area contributed by atoms with Crippen molar-refractivity contribution in [3.8, 4) is 0 Å². The molecule has 0 saturated heterocycles. The van der Waals surface area contributed by atoms with Gasteiger partial charge in [-0.05, 0) is 18.2 Å². The summed E-state index contributed by atoms with van der Waals surface area (Å²) in [7, 11) is 0. The third-order valence-electron chi connectivity index (χ3n) is 2.43. The molecule has 0 atom stereocenters. The van der Waals surface area contributed by atoms with E-state index in [0.717, 1.165) is 10.7 Å². The molecule has 8 heteroatoms. The second kappa shape index (κ2) is 5.39. The predicted molar refractivity (Wildman–Crippen MR) is 68.6 cm³/mol. The lowest BCUT2D eigenvalue weighted by atomic mass is 10.2. The summed E-state index contributed by atoms with van der Waals surface area (Å²) in [5, 5.41) is 14.8. The van der Waals surface area contributed by atoms with E-state index in [1.165, 1.54) is 24.5 Å². The topological polar surface area (TPSA) is 110 Å². The van der Waals surface area contributed by atoms with Crippen LogP contribution in [0.5, 0.6) is 0 Å². The van der Waals surface area contributed by atoms with Gasteiger partial charge in [-0.2, -0.15) is 5.10 Å². The van der Waals surface area contributed by atoms with Crippen LogP contribution in [-0.2, 0) is 11.3 Å². The van der Waals surface area contributed by atoms with Gasteiger partial charge in [-0.15, -0.1) is 0 Å². The summed E-state index contributed by atoms with van der Waals surface area (Å²) in [5.41, 5.74) is 5.71. The molecular formula is C12H11FN4O3. The molecule has 2 aromatic rings. The molecule has 0 saturated carbocycles. The number of aliphatic carboxylic acids is 1. The number of carbonyl (C=O) groups is 2. The number of anilines is 2. The van der Waals surface area contributed by atoms with Crippen molar-refractivity contribution in [2.24, 2.45) is 0 Å². The fourth-order valence-corrected chi connectivity index (χ4v) is 1.57. The Morgan fingerprint density at radius 1 is 1.45 bits per heavy atom. The van der Waals surface area contributed by atoms with Gasteiger partial charge in [0.2, 0.25) is 0 Å². The molecule has 0 spiro atoms. The van der Waals surface area contributed by atoms with Gasteiger partial charge in [0.1, 0.15) is 12.4 Å². The number of hydrogen-bond donors (Lipinski definition) is 3. The number of carboxylic acid groups (broad SMARTS) is 1. The van der Waals surface area contributed by atoms with E-state index in [1.54, 1.807) is 0 Å². The minimum atomic E-state index is -1.06. The highest BCUT2D eigenvalue weighted by atomic mass is 19.1. The highest BCUT2D eigenvalue weighted by Crippen LogP contribution is 2.14. The standard InChI is InChI=1S/C12H11FN4O3/c13-10-3-7(14)1-2-9(10)12(20)16-8-4-15-17(5-8)6-11(18)19/h1-5H,6,14H2,(H,16,20)(H,18,19). The number of amides is 1. The van der Waals surface area contributed by atoms with Gasteiger partial charge in [0.25, 0.3) is 5.91 Å². The number of aromatic nitrogens is 2. The molecule has 0 aliphatic carbocycles. The number of nitrogens with zero attached hydrogens (tertiary/aromatic N) is 2. The first-order chi connectivity index (χ1) is 9.45. The van der Waals surface area contributed by atoms with Gasteiger partial charge >= 0.3 is 5.97 Å². The maximum absolute atomic E-state index is 13.5. The Balaban J connectivity index is 2.11. The van der Waals surface area contributed by atoms with Crippen molar-refractivity contribution in [3.05, 3.63) is 42.0 Å². The molecule has 1 heterocycles. The van der Waals surface area contributed by atoms with E-state index in [-0.39, 0.29) is 23.5 Å². The fourth-order valence-electron chi connectivity index (χ4n) is 1.57. The Hall–Kier alpha value is -2.90. The normalized spacial score (nSPS) is 10.2. The summed E-state index contributed by atoms with van der Waals surface area (Å²) >= 11 is 0. The summed E-state index contributed by atoms with van der Waals surface area (Å²) in [5.74, 6) is -2.46. The third kappa shape index (κ3) is 3.10. The summed E-state index contributed by atoms with van der Waals surface area (Å²) in [6.07, 6.45) is 2.61. The number of carboxylic acids is 1. The monoisotopic (exact) mass is 278 g/mol. The van der Waals surface area contributed by atoms with Gasteiger partial charge in [-0.25, -0.2) is 4.39 Å². The van der Waals surface area contributed by atoms with E-state index in [4.69, 9.17) is 10.8 Å². The number of rotatable bonds is 4. The van der Waals surface area contributed by atoms with Crippen molar-refractivity contribution < 1.29 is 19.1 Å². The molecule has 4 N–H and O–H groups in total. The van der Waals surface area contributed by atoms with E-state index in [9.17, 15) is 14.0 Å². The molecule has 0 radical (unpaired) electrons. The van der Waals surface area contributed by atoms with E-state index in [1.807, 2.05) is 0 Å². The summed E-state index contributed by atoms with van der Waals surface area (Å²) in [4.78, 5) is 22.3. The average molecular weight is 278 g/mol. The van der Waals surface area contributed by atoms with Crippen LogP contribution in [0.25, 0.3) is 0 Å². The quantitative estimate of drug-likeness (QED) is 0.721. The number of hydrogen-bond acceptors (Lipinski definition) is 4. The van der Waals surface area contributed by atoms with Gasteiger partial charge in [0.05, 0.1) is 17.4 Å². The van der Waals surface area contributed by atoms with Crippen molar-refractivity contribution in [1.82, 2.24) is 9.78 Å². The minimum absolute atomic E-state index is 0.162. The Morgan fingerprint density at radius 3 is 2.85 bits per heavy atom. The molecule has 0 unspecified atom stereocenters. The van der Waals surface area contributed by atoms with Gasteiger partial charge < -0.3 is 16.2 Å². The largest absolute Gasteiger partial charge is 0.480 e. The fraction of sp³-hybridized carbons (Fsp3) is 0.0833. The van der Waals surface area contributed by atoms with Crippen LogP contribution in [0.15, 0.2) is 30.6 Å².